The summed E-state index contributed by atoms with van der Waals surface area (Å²) in [6.45, 7) is 3.85. The fourth-order valence-electron chi connectivity index (χ4n) is 3.39. The molecule has 1 aliphatic rings. The predicted octanol–water partition coefficient (Wildman–Crippen LogP) is 2.85. The fraction of sp³-hybridized carbons (Fsp3) is 0.316. The third kappa shape index (κ3) is 2.92. The maximum atomic E-state index is 13.4. The number of benzene rings is 2. The van der Waals surface area contributed by atoms with Gasteiger partial charge in [-0.05, 0) is 61.2 Å². The van der Waals surface area contributed by atoms with Crippen LogP contribution in [0.25, 0.3) is 0 Å². The van der Waals surface area contributed by atoms with E-state index in [1.807, 2.05) is 0 Å². The number of nitrogens with zero attached hydrogens (tertiary/aromatic N) is 1. The first-order chi connectivity index (χ1) is 12.3. The van der Waals surface area contributed by atoms with Gasteiger partial charge in [0.25, 0.3) is 10.0 Å². The Kier molecular flexibility index (Phi) is 4.66. The van der Waals surface area contributed by atoms with E-state index in [0.717, 1.165) is 5.56 Å². The first-order valence-corrected chi connectivity index (χ1v) is 9.63. The molecule has 2 aromatic rings. The number of carbonyl (C=O) groups is 1. The molecular weight excluding hydrogens is 354 g/mol. The van der Waals surface area contributed by atoms with Crippen molar-refractivity contribution < 1.29 is 22.7 Å². The van der Waals surface area contributed by atoms with E-state index in [9.17, 15) is 13.2 Å². The van der Waals surface area contributed by atoms with Crippen LogP contribution in [-0.4, -0.2) is 35.2 Å². The lowest BCUT2D eigenvalue weighted by atomic mass is 10.1. The second kappa shape index (κ2) is 6.64. The zero-order chi connectivity index (χ0) is 19.1. The molecule has 26 heavy (non-hydrogen) atoms. The highest BCUT2D eigenvalue weighted by molar-refractivity contribution is 7.93. The van der Waals surface area contributed by atoms with E-state index in [1.54, 1.807) is 51.3 Å². The van der Waals surface area contributed by atoms with Gasteiger partial charge in [-0.1, -0.05) is 6.07 Å². The Morgan fingerprint density at radius 1 is 1.08 bits per heavy atom. The van der Waals surface area contributed by atoms with Gasteiger partial charge in [0.05, 0.1) is 30.4 Å². The van der Waals surface area contributed by atoms with Gasteiger partial charge < -0.3 is 9.47 Å². The van der Waals surface area contributed by atoms with Crippen molar-refractivity contribution >= 4 is 21.7 Å². The number of hydrogen-bond acceptors (Lipinski definition) is 5. The molecule has 0 bridgehead atoms. The highest BCUT2D eigenvalue weighted by Gasteiger charge is 2.33. The first kappa shape index (κ1) is 18.3. The summed E-state index contributed by atoms with van der Waals surface area (Å²) in [5, 5.41) is 0. The van der Waals surface area contributed by atoms with Crippen molar-refractivity contribution in [1.82, 2.24) is 0 Å². The van der Waals surface area contributed by atoms with Crippen LogP contribution < -0.4 is 9.04 Å². The van der Waals surface area contributed by atoms with Gasteiger partial charge in [-0.25, -0.2) is 13.2 Å². The minimum atomic E-state index is -3.76. The first-order valence-electron chi connectivity index (χ1n) is 8.19. The molecule has 0 unspecified atom stereocenters. The largest absolute Gasteiger partial charge is 0.497 e. The molecule has 3 rings (SSSR count). The molecule has 0 spiro atoms. The van der Waals surface area contributed by atoms with Crippen LogP contribution in [0.15, 0.2) is 35.2 Å². The average molecular weight is 375 g/mol. The molecule has 0 fully saturated rings. The number of anilines is 1. The number of ether oxygens (including phenoxy) is 2. The van der Waals surface area contributed by atoms with Gasteiger partial charge in [0.1, 0.15) is 5.75 Å². The molecule has 7 heteroatoms. The normalized spacial score (nSPS) is 13.5. The minimum absolute atomic E-state index is 0.273. The zero-order valence-corrected chi connectivity index (χ0v) is 16.0. The van der Waals surface area contributed by atoms with Gasteiger partial charge in [-0.15, -0.1) is 0 Å². The molecule has 0 aromatic heterocycles. The van der Waals surface area contributed by atoms with Gasteiger partial charge in [-0.2, -0.15) is 0 Å². The Labute approximate surface area is 153 Å². The van der Waals surface area contributed by atoms with Gasteiger partial charge in [-0.3, -0.25) is 4.31 Å². The lowest BCUT2D eigenvalue weighted by molar-refractivity contribution is 0.0600. The number of fused-ring (bicyclic) bond motifs is 1. The molecular formula is C19H21NO5S. The number of rotatable bonds is 4. The van der Waals surface area contributed by atoms with E-state index in [0.29, 0.717) is 41.1 Å². The maximum absolute atomic E-state index is 13.4. The molecule has 0 saturated heterocycles. The topological polar surface area (TPSA) is 72.9 Å². The van der Waals surface area contributed by atoms with Crippen molar-refractivity contribution in [1.29, 1.82) is 0 Å². The van der Waals surface area contributed by atoms with Crippen LogP contribution in [0.5, 0.6) is 5.75 Å². The summed E-state index contributed by atoms with van der Waals surface area (Å²) in [5.41, 5.74) is 3.00. The van der Waals surface area contributed by atoms with E-state index in [1.165, 1.54) is 11.4 Å². The third-order valence-electron chi connectivity index (χ3n) is 4.58. The van der Waals surface area contributed by atoms with Crippen molar-refractivity contribution in [2.45, 2.75) is 25.2 Å². The third-order valence-corrected chi connectivity index (χ3v) is 6.70. The minimum Gasteiger partial charge on any atom is -0.497 e. The Morgan fingerprint density at radius 2 is 1.73 bits per heavy atom. The van der Waals surface area contributed by atoms with E-state index in [-0.39, 0.29) is 4.90 Å². The zero-order valence-electron chi connectivity index (χ0n) is 15.2. The van der Waals surface area contributed by atoms with Crippen LogP contribution in [-0.2, 0) is 21.2 Å². The molecule has 0 radical (unpaired) electrons. The Balaban J connectivity index is 2.11. The maximum Gasteiger partial charge on any atom is 0.337 e. The van der Waals surface area contributed by atoms with Gasteiger partial charge >= 0.3 is 5.97 Å². The van der Waals surface area contributed by atoms with E-state index < -0.39 is 16.0 Å². The monoisotopic (exact) mass is 375 g/mol. The van der Waals surface area contributed by atoms with Crippen LogP contribution in [0, 0.1) is 13.8 Å². The highest BCUT2D eigenvalue weighted by Crippen LogP contribution is 2.36. The Hall–Kier alpha value is -2.54. The molecule has 1 aliphatic heterocycles. The second-order valence-corrected chi connectivity index (χ2v) is 8.05. The summed E-state index contributed by atoms with van der Waals surface area (Å²) in [6, 6.07) is 8.44. The number of aryl methyl sites for hydroxylation is 2. The van der Waals surface area contributed by atoms with E-state index in [2.05, 4.69) is 0 Å². The molecule has 6 nitrogen and oxygen atoms in total. The second-order valence-electron chi connectivity index (χ2n) is 6.25. The summed E-state index contributed by atoms with van der Waals surface area (Å²) in [7, 11) is -0.913. The number of carbonyl (C=O) groups excluding carboxylic acids is 1. The molecule has 0 aliphatic carbocycles. The Bertz CT molecular complexity index is 958. The summed E-state index contributed by atoms with van der Waals surface area (Å²) < 4.78 is 38.1. The van der Waals surface area contributed by atoms with Crippen molar-refractivity contribution in [3.8, 4) is 5.75 Å². The van der Waals surface area contributed by atoms with Crippen LogP contribution in [0.4, 0.5) is 5.69 Å². The average Bonchev–Trinajstić information content (AvgIpc) is 3.03. The van der Waals surface area contributed by atoms with Crippen LogP contribution >= 0.6 is 0 Å². The van der Waals surface area contributed by atoms with Crippen LogP contribution in [0.3, 0.4) is 0 Å². The van der Waals surface area contributed by atoms with E-state index >= 15 is 0 Å². The molecule has 0 saturated carbocycles. The lowest BCUT2D eigenvalue weighted by Gasteiger charge is -2.23. The summed E-state index contributed by atoms with van der Waals surface area (Å²) >= 11 is 0. The van der Waals surface area contributed by atoms with Crippen molar-refractivity contribution in [2.24, 2.45) is 0 Å². The quantitative estimate of drug-likeness (QED) is 0.769. The number of methoxy groups -OCH3 is 2. The lowest BCUT2D eigenvalue weighted by Crippen LogP contribution is -2.30. The molecule has 0 N–H and O–H groups in total. The van der Waals surface area contributed by atoms with Crippen LogP contribution in [0.1, 0.15) is 27.0 Å². The van der Waals surface area contributed by atoms with E-state index in [4.69, 9.17) is 9.47 Å². The Morgan fingerprint density at radius 3 is 2.31 bits per heavy atom. The van der Waals surface area contributed by atoms with Gasteiger partial charge in [0, 0.05) is 6.54 Å². The summed E-state index contributed by atoms with van der Waals surface area (Å²) in [5.74, 6) is 0.127. The molecule has 0 amide bonds. The SMILES string of the molecule is COC(=O)c1ccc2c(c1)N(S(=O)(=O)c1c(C)cc(OC)cc1C)CC2. The smallest absolute Gasteiger partial charge is 0.337 e. The van der Waals surface area contributed by atoms with Crippen LogP contribution in [0.2, 0.25) is 0 Å². The molecule has 2 aromatic carbocycles. The number of esters is 1. The standard InChI is InChI=1S/C19H21NO5S/c1-12-9-16(24-3)10-13(2)18(12)26(22,23)20-8-7-14-5-6-15(11-17(14)20)19(21)25-4/h5-6,9-11H,7-8H2,1-4H3. The number of hydrogen-bond donors (Lipinski definition) is 0. The van der Waals surface area contributed by atoms with Gasteiger partial charge in [0.2, 0.25) is 0 Å². The van der Waals surface area contributed by atoms with Crippen molar-refractivity contribution in [3.63, 3.8) is 0 Å². The highest BCUT2D eigenvalue weighted by atomic mass is 32.2. The summed E-state index contributed by atoms with van der Waals surface area (Å²) in [4.78, 5) is 12.1. The van der Waals surface area contributed by atoms with Crippen molar-refractivity contribution in [3.05, 3.63) is 52.6 Å². The number of sulfonamides is 1. The van der Waals surface area contributed by atoms with Crippen molar-refractivity contribution in [2.75, 3.05) is 25.1 Å². The summed E-state index contributed by atoms with van der Waals surface area (Å²) in [6.07, 6.45) is 0.601. The molecule has 1 heterocycles. The molecule has 0 atom stereocenters. The predicted molar refractivity (Wildman–Crippen MR) is 98.5 cm³/mol. The fourth-order valence-corrected chi connectivity index (χ4v) is 5.30. The van der Waals surface area contributed by atoms with Gasteiger partial charge in [0.15, 0.2) is 0 Å². The molecule has 138 valence electrons.